The second-order valence-electron chi connectivity index (χ2n) is 6.76. The van der Waals surface area contributed by atoms with E-state index in [0.29, 0.717) is 17.1 Å². The molecule has 0 aliphatic carbocycles. The molecule has 0 saturated carbocycles. The van der Waals surface area contributed by atoms with E-state index < -0.39 is 17.0 Å². The van der Waals surface area contributed by atoms with Gasteiger partial charge in [0, 0.05) is 23.3 Å². The maximum absolute atomic E-state index is 13.3. The first-order valence-electron chi connectivity index (χ1n) is 9.29. The Morgan fingerprint density at radius 1 is 0.871 bits per heavy atom. The van der Waals surface area contributed by atoms with E-state index in [9.17, 15) is 19.8 Å². The summed E-state index contributed by atoms with van der Waals surface area (Å²) in [6.07, 6.45) is 0. The summed E-state index contributed by atoms with van der Waals surface area (Å²) in [6, 6.07) is 15.2. The van der Waals surface area contributed by atoms with Crippen LogP contribution < -0.4 is 14.9 Å². The van der Waals surface area contributed by atoms with Crippen molar-refractivity contribution >= 4 is 16.8 Å². The lowest BCUT2D eigenvalue weighted by Gasteiger charge is -2.11. The molecule has 7 heteroatoms. The first-order valence-corrected chi connectivity index (χ1v) is 9.29. The van der Waals surface area contributed by atoms with Gasteiger partial charge in [0.15, 0.2) is 0 Å². The normalized spacial score (nSPS) is 10.8. The maximum Gasteiger partial charge on any atom is 0.208 e. The third-order valence-corrected chi connectivity index (χ3v) is 4.89. The minimum absolute atomic E-state index is 0.0194. The van der Waals surface area contributed by atoms with Crippen LogP contribution in [0.25, 0.3) is 22.3 Å². The first-order chi connectivity index (χ1) is 14.9. The summed E-state index contributed by atoms with van der Waals surface area (Å²) in [7, 11) is 3.03. The molecule has 0 aliphatic rings. The Morgan fingerprint density at radius 3 is 2.03 bits per heavy atom. The van der Waals surface area contributed by atoms with E-state index in [4.69, 9.17) is 13.9 Å². The number of aromatic hydroxyl groups is 2. The Hall–Kier alpha value is -4.26. The molecule has 7 nitrogen and oxygen atoms in total. The number of phenols is 2. The van der Waals surface area contributed by atoms with E-state index in [0.717, 1.165) is 6.07 Å². The number of benzene rings is 3. The van der Waals surface area contributed by atoms with Crippen molar-refractivity contribution in [3.63, 3.8) is 0 Å². The van der Waals surface area contributed by atoms with Gasteiger partial charge < -0.3 is 24.1 Å². The number of ketones is 1. The van der Waals surface area contributed by atoms with Gasteiger partial charge in [0.1, 0.15) is 45.3 Å². The van der Waals surface area contributed by atoms with Crippen LogP contribution >= 0.6 is 0 Å². The minimum atomic E-state index is -0.703. The summed E-state index contributed by atoms with van der Waals surface area (Å²) in [5.74, 6) is -0.157. The molecule has 1 aromatic heterocycles. The second kappa shape index (κ2) is 7.87. The van der Waals surface area contributed by atoms with Crippen LogP contribution in [0.3, 0.4) is 0 Å². The predicted molar refractivity (Wildman–Crippen MR) is 114 cm³/mol. The quantitative estimate of drug-likeness (QED) is 0.470. The highest BCUT2D eigenvalue weighted by molar-refractivity contribution is 6.13. The number of carbonyl (C=O) groups is 1. The van der Waals surface area contributed by atoms with Gasteiger partial charge in [-0.3, -0.25) is 9.59 Å². The summed E-state index contributed by atoms with van der Waals surface area (Å²) < 4.78 is 16.2. The monoisotopic (exact) mass is 418 g/mol. The molecule has 2 N–H and O–H groups in total. The number of methoxy groups -OCH3 is 2. The van der Waals surface area contributed by atoms with Crippen molar-refractivity contribution in [2.24, 2.45) is 0 Å². The van der Waals surface area contributed by atoms with Gasteiger partial charge in [-0.2, -0.15) is 0 Å². The highest BCUT2D eigenvalue weighted by Gasteiger charge is 2.25. The number of fused-ring (bicyclic) bond motifs is 1. The van der Waals surface area contributed by atoms with Crippen LogP contribution in [0.4, 0.5) is 0 Å². The van der Waals surface area contributed by atoms with Crippen molar-refractivity contribution in [1.29, 1.82) is 0 Å². The first kappa shape index (κ1) is 20.0. The van der Waals surface area contributed by atoms with Gasteiger partial charge in [0.2, 0.25) is 11.2 Å². The van der Waals surface area contributed by atoms with E-state index in [1.165, 1.54) is 20.3 Å². The van der Waals surface area contributed by atoms with E-state index in [-0.39, 0.29) is 33.6 Å². The molecule has 0 bridgehead atoms. The van der Waals surface area contributed by atoms with E-state index in [1.807, 2.05) is 0 Å². The molecule has 156 valence electrons. The lowest BCUT2D eigenvalue weighted by molar-refractivity contribution is 0.103. The molecule has 0 atom stereocenters. The Morgan fingerprint density at radius 2 is 1.45 bits per heavy atom. The van der Waals surface area contributed by atoms with Gasteiger partial charge in [-0.1, -0.05) is 0 Å². The minimum Gasteiger partial charge on any atom is -0.508 e. The van der Waals surface area contributed by atoms with Crippen LogP contribution in [0.15, 0.2) is 69.9 Å². The Kier molecular flexibility index (Phi) is 5.09. The average molecular weight is 418 g/mol. The van der Waals surface area contributed by atoms with E-state index in [2.05, 4.69) is 0 Å². The van der Waals surface area contributed by atoms with E-state index in [1.54, 1.807) is 48.5 Å². The van der Waals surface area contributed by atoms with Crippen molar-refractivity contribution in [2.75, 3.05) is 14.2 Å². The summed E-state index contributed by atoms with van der Waals surface area (Å²) in [5.41, 5.74) is -0.270. The lowest BCUT2D eigenvalue weighted by atomic mass is 9.97. The van der Waals surface area contributed by atoms with E-state index >= 15 is 0 Å². The number of rotatable bonds is 5. The molecular formula is C24H18O7. The molecule has 4 aromatic rings. The molecule has 3 aromatic carbocycles. The fourth-order valence-electron chi connectivity index (χ4n) is 3.32. The SMILES string of the molecule is COc1ccc(C(=O)c2c(-c3ccc(OC)cc3)oc3cc(O)cc(O)c3c2=O)cc1. The largest absolute Gasteiger partial charge is 0.508 e. The van der Waals surface area contributed by atoms with Crippen LogP contribution in [-0.4, -0.2) is 30.2 Å². The number of hydrogen-bond acceptors (Lipinski definition) is 7. The predicted octanol–water partition coefficient (Wildman–Crippen LogP) is 4.12. The van der Waals surface area contributed by atoms with Crippen LogP contribution in [0, 0.1) is 0 Å². The molecule has 0 spiro atoms. The van der Waals surface area contributed by atoms with Gasteiger partial charge in [-0.05, 0) is 48.5 Å². The third kappa shape index (κ3) is 3.57. The van der Waals surface area contributed by atoms with Crippen molar-refractivity contribution < 1.29 is 28.9 Å². The number of ether oxygens (including phenoxy) is 2. The number of carbonyl (C=O) groups excluding carboxylic acids is 1. The molecule has 0 fully saturated rings. The van der Waals surface area contributed by atoms with Gasteiger partial charge in [-0.25, -0.2) is 0 Å². The molecule has 0 aliphatic heterocycles. The second-order valence-corrected chi connectivity index (χ2v) is 6.76. The van der Waals surface area contributed by atoms with Crippen molar-refractivity contribution in [3.05, 3.63) is 82.0 Å². The zero-order valence-electron chi connectivity index (χ0n) is 16.7. The molecule has 4 rings (SSSR count). The highest BCUT2D eigenvalue weighted by Crippen LogP contribution is 2.34. The average Bonchev–Trinajstić information content (AvgIpc) is 2.78. The number of phenolic OH excluding ortho intramolecular Hbond substituents is 2. The topological polar surface area (TPSA) is 106 Å². The summed E-state index contributed by atoms with van der Waals surface area (Å²) >= 11 is 0. The molecule has 0 radical (unpaired) electrons. The van der Waals surface area contributed by atoms with Crippen LogP contribution in [0.2, 0.25) is 0 Å². The Labute approximate surface area is 176 Å². The lowest BCUT2D eigenvalue weighted by Crippen LogP contribution is -2.18. The van der Waals surface area contributed by atoms with Crippen molar-refractivity contribution in [2.45, 2.75) is 0 Å². The summed E-state index contributed by atoms with van der Waals surface area (Å²) in [5, 5.41) is 19.9. The van der Waals surface area contributed by atoms with Crippen LogP contribution in [0.1, 0.15) is 15.9 Å². The molecule has 31 heavy (non-hydrogen) atoms. The fraction of sp³-hybridized carbons (Fsp3) is 0.0833. The van der Waals surface area contributed by atoms with Crippen molar-refractivity contribution in [1.82, 2.24) is 0 Å². The van der Waals surface area contributed by atoms with Gasteiger partial charge in [-0.15, -0.1) is 0 Å². The molecular weight excluding hydrogens is 400 g/mol. The summed E-state index contributed by atoms with van der Waals surface area (Å²) in [6.45, 7) is 0. The standard InChI is InChI=1S/C24H18O7/c1-29-16-7-3-13(4-8-16)22(27)21-23(28)20-18(26)11-15(25)12-19(20)31-24(21)14-5-9-17(30-2)10-6-14/h3-12,25-26H,1-2H3. The molecule has 1 heterocycles. The maximum atomic E-state index is 13.3. The fourth-order valence-corrected chi connectivity index (χ4v) is 3.32. The van der Waals surface area contributed by atoms with Crippen LogP contribution in [-0.2, 0) is 0 Å². The van der Waals surface area contributed by atoms with Crippen LogP contribution in [0.5, 0.6) is 23.0 Å². The summed E-state index contributed by atoms with van der Waals surface area (Å²) in [4.78, 5) is 26.7. The van der Waals surface area contributed by atoms with Gasteiger partial charge in [0.25, 0.3) is 0 Å². The van der Waals surface area contributed by atoms with Gasteiger partial charge >= 0.3 is 0 Å². The highest BCUT2D eigenvalue weighted by atomic mass is 16.5. The number of hydrogen-bond donors (Lipinski definition) is 2. The molecule has 0 unspecified atom stereocenters. The smallest absolute Gasteiger partial charge is 0.208 e. The molecule has 0 amide bonds. The molecule has 0 saturated heterocycles. The zero-order valence-corrected chi connectivity index (χ0v) is 16.7. The third-order valence-electron chi connectivity index (χ3n) is 4.89. The zero-order chi connectivity index (χ0) is 22.1. The Bertz CT molecular complexity index is 1330. The van der Waals surface area contributed by atoms with Crippen molar-refractivity contribution in [3.8, 4) is 34.3 Å². The Balaban J connectivity index is 2.01. The van der Waals surface area contributed by atoms with Gasteiger partial charge in [0.05, 0.1) is 14.2 Å².